The van der Waals surface area contributed by atoms with Crippen LogP contribution in [0.1, 0.15) is 13.3 Å². The van der Waals surface area contributed by atoms with E-state index in [9.17, 15) is 0 Å². The van der Waals surface area contributed by atoms with E-state index in [4.69, 9.17) is 9.84 Å². The molecule has 1 fully saturated rings. The summed E-state index contributed by atoms with van der Waals surface area (Å²) in [5, 5.41) is 12.1. The minimum Gasteiger partial charge on any atom is -0.396 e. The molecule has 0 aromatic rings. The second kappa shape index (κ2) is 5.51. The topological polar surface area (TPSA) is 41.5 Å². The lowest BCUT2D eigenvalue weighted by Crippen LogP contribution is -2.28. The number of hydrogen-bond donors (Lipinski definition) is 2. The van der Waals surface area contributed by atoms with E-state index in [0.29, 0.717) is 11.8 Å². The maximum absolute atomic E-state index is 8.76. The first-order valence-corrected chi connectivity index (χ1v) is 4.72. The molecule has 1 heterocycles. The Morgan fingerprint density at radius 1 is 1.67 bits per heavy atom. The van der Waals surface area contributed by atoms with Crippen molar-refractivity contribution in [1.82, 2.24) is 5.32 Å². The van der Waals surface area contributed by atoms with Crippen molar-refractivity contribution in [2.75, 3.05) is 32.9 Å². The highest BCUT2D eigenvalue weighted by Crippen LogP contribution is 2.10. The number of nitrogens with one attached hydrogen (secondary N) is 1. The van der Waals surface area contributed by atoms with E-state index < -0.39 is 0 Å². The minimum atomic E-state index is 0.272. The fourth-order valence-electron chi connectivity index (χ4n) is 1.34. The molecular weight excluding hydrogens is 154 g/mol. The summed E-state index contributed by atoms with van der Waals surface area (Å²) >= 11 is 0. The largest absolute Gasteiger partial charge is 0.396 e. The summed E-state index contributed by atoms with van der Waals surface area (Å²) in [6, 6.07) is 0. The van der Waals surface area contributed by atoms with Crippen LogP contribution in [0.2, 0.25) is 0 Å². The Morgan fingerprint density at radius 3 is 3.08 bits per heavy atom. The van der Waals surface area contributed by atoms with Gasteiger partial charge >= 0.3 is 0 Å². The van der Waals surface area contributed by atoms with Gasteiger partial charge in [0.15, 0.2) is 0 Å². The number of hydrogen-bond acceptors (Lipinski definition) is 3. The summed E-state index contributed by atoms with van der Waals surface area (Å²) in [5.41, 5.74) is 0. The molecule has 0 bridgehead atoms. The quantitative estimate of drug-likeness (QED) is 0.626. The Labute approximate surface area is 74.1 Å². The lowest BCUT2D eigenvalue weighted by atomic mass is 10.1. The molecule has 0 aromatic carbocycles. The van der Waals surface area contributed by atoms with E-state index in [-0.39, 0.29) is 6.61 Å². The molecule has 0 saturated carbocycles. The summed E-state index contributed by atoms with van der Waals surface area (Å²) in [6.45, 7) is 6.08. The summed E-state index contributed by atoms with van der Waals surface area (Å²) in [5.74, 6) is 1.06. The molecule has 72 valence electrons. The molecule has 2 unspecified atom stereocenters. The Morgan fingerprint density at radius 2 is 2.50 bits per heavy atom. The molecule has 1 rings (SSSR count). The van der Waals surface area contributed by atoms with Gasteiger partial charge in [0.2, 0.25) is 0 Å². The Hall–Kier alpha value is -0.120. The van der Waals surface area contributed by atoms with E-state index in [1.165, 1.54) is 6.42 Å². The molecule has 12 heavy (non-hydrogen) atoms. The van der Waals surface area contributed by atoms with Gasteiger partial charge in [-0.05, 0) is 24.8 Å². The maximum atomic E-state index is 8.76. The molecule has 3 nitrogen and oxygen atoms in total. The highest BCUT2D eigenvalue weighted by atomic mass is 16.5. The third-order valence-electron chi connectivity index (χ3n) is 2.26. The zero-order chi connectivity index (χ0) is 8.81. The van der Waals surface area contributed by atoms with Gasteiger partial charge in [0.05, 0.1) is 6.61 Å². The standard InChI is InChI=1S/C9H19NO2/c1-8(6-11)4-10-5-9-2-3-12-7-9/h8-11H,2-7H2,1H3. The van der Waals surface area contributed by atoms with Crippen LogP contribution in [-0.4, -0.2) is 38.0 Å². The van der Waals surface area contributed by atoms with E-state index in [1.807, 2.05) is 6.92 Å². The molecule has 2 atom stereocenters. The molecule has 1 aliphatic heterocycles. The average Bonchev–Trinajstić information content (AvgIpc) is 2.57. The number of rotatable bonds is 5. The monoisotopic (exact) mass is 173 g/mol. The molecule has 1 aliphatic rings. The van der Waals surface area contributed by atoms with Gasteiger partial charge in [0.25, 0.3) is 0 Å². The van der Waals surface area contributed by atoms with Crippen LogP contribution in [0.5, 0.6) is 0 Å². The van der Waals surface area contributed by atoms with Crippen molar-refractivity contribution in [2.24, 2.45) is 11.8 Å². The van der Waals surface area contributed by atoms with Gasteiger partial charge in [0, 0.05) is 19.8 Å². The van der Waals surface area contributed by atoms with Crippen molar-refractivity contribution in [2.45, 2.75) is 13.3 Å². The van der Waals surface area contributed by atoms with Gasteiger partial charge in [-0.1, -0.05) is 6.92 Å². The van der Waals surface area contributed by atoms with E-state index in [1.54, 1.807) is 0 Å². The zero-order valence-electron chi connectivity index (χ0n) is 7.75. The van der Waals surface area contributed by atoms with E-state index >= 15 is 0 Å². The first-order chi connectivity index (χ1) is 5.83. The number of aliphatic hydroxyl groups excluding tert-OH is 1. The van der Waals surface area contributed by atoms with Gasteiger partial charge in [0.1, 0.15) is 0 Å². The van der Waals surface area contributed by atoms with Crippen LogP contribution < -0.4 is 5.32 Å². The summed E-state index contributed by atoms with van der Waals surface area (Å²) in [6.07, 6.45) is 1.18. The summed E-state index contributed by atoms with van der Waals surface area (Å²) in [7, 11) is 0. The molecular formula is C9H19NO2. The highest BCUT2D eigenvalue weighted by molar-refractivity contribution is 4.67. The predicted octanol–water partition coefficient (Wildman–Crippen LogP) is 0.241. The maximum Gasteiger partial charge on any atom is 0.0507 e. The number of aliphatic hydroxyl groups is 1. The van der Waals surface area contributed by atoms with Gasteiger partial charge in [-0.3, -0.25) is 0 Å². The fraction of sp³-hybridized carbons (Fsp3) is 1.00. The third-order valence-corrected chi connectivity index (χ3v) is 2.26. The second-order valence-corrected chi connectivity index (χ2v) is 3.68. The highest BCUT2D eigenvalue weighted by Gasteiger charge is 2.14. The van der Waals surface area contributed by atoms with Gasteiger partial charge in [-0.25, -0.2) is 0 Å². The van der Waals surface area contributed by atoms with E-state index in [2.05, 4.69) is 5.32 Å². The minimum absolute atomic E-state index is 0.272. The van der Waals surface area contributed by atoms with Crippen LogP contribution in [0.25, 0.3) is 0 Å². The normalized spacial score (nSPS) is 26.0. The molecule has 2 N–H and O–H groups in total. The molecule has 3 heteroatoms. The molecule has 0 aliphatic carbocycles. The molecule has 0 spiro atoms. The molecule has 0 radical (unpaired) electrons. The first kappa shape index (κ1) is 9.96. The molecule has 1 saturated heterocycles. The SMILES string of the molecule is CC(CO)CNCC1CCOC1. The van der Waals surface area contributed by atoms with Crippen molar-refractivity contribution in [3.8, 4) is 0 Å². The van der Waals surface area contributed by atoms with Crippen LogP contribution in [0.4, 0.5) is 0 Å². The lowest BCUT2D eigenvalue weighted by Gasteiger charge is -2.12. The van der Waals surface area contributed by atoms with Crippen molar-refractivity contribution >= 4 is 0 Å². The van der Waals surface area contributed by atoms with Crippen LogP contribution in [-0.2, 0) is 4.74 Å². The summed E-state index contributed by atoms with van der Waals surface area (Å²) < 4.78 is 5.25. The average molecular weight is 173 g/mol. The van der Waals surface area contributed by atoms with Crippen LogP contribution in [0.15, 0.2) is 0 Å². The zero-order valence-corrected chi connectivity index (χ0v) is 7.75. The van der Waals surface area contributed by atoms with Gasteiger partial charge in [-0.2, -0.15) is 0 Å². The smallest absolute Gasteiger partial charge is 0.0507 e. The first-order valence-electron chi connectivity index (χ1n) is 4.72. The Balaban J connectivity index is 1.94. The number of ether oxygens (including phenoxy) is 1. The van der Waals surface area contributed by atoms with Crippen molar-refractivity contribution in [3.05, 3.63) is 0 Å². The van der Waals surface area contributed by atoms with Crippen LogP contribution in [0, 0.1) is 11.8 Å². The van der Waals surface area contributed by atoms with Crippen LogP contribution in [0.3, 0.4) is 0 Å². The van der Waals surface area contributed by atoms with Crippen molar-refractivity contribution in [1.29, 1.82) is 0 Å². The Kier molecular flexibility index (Phi) is 4.58. The summed E-state index contributed by atoms with van der Waals surface area (Å²) in [4.78, 5) is 0. The lowest BCUT2D eigenvalue weighted by molar-refractivity contribution is 0.184. The van der Waals surface area contributed by atoms with Crippen molar-refractivity contribution in [3.63, 3.8) is 0 Å². The molecule has 0 aromatic heterocycles. The van der Waals surface area contributed by atoms with E-state index in [0.717, 1.165) is 26.3 Å². The second-order valence-electron chi connectivity index (χ2n) is 3.68. The third kappa shape index (κ3) is 3.52. The van der Waals surface area contributed by atoms with Gasteiger partial charge in [-0.15, -0.1) is 0 Å². The molecule has 0 amide bonds. The van der Waals surface area contributed by atoms with Crippen molar-refractivity contribution < 1.29 is 9.84 Å². The predicted molar refractivity (Wildman–Crippen MR) is 48.0 cm³/mol. The fourth-order valence-corrected chi connectivity index (χ4v) is 1.34. The van der Waals surface area contributed by atoms with Crippen LogP contribution >= 0.6 is 0 Å². The van der Waals surface area contributed by atoms with Gasteiger partial charge < -0.3 is 15.2 Å². The Bertz CT molecular complexity index is 113.